The number of aliphatic hydroxyl groups excluding tert-OH is 1. The monoisotopic (exact) mass is 504 g/mol. The molecule has 2 heterocycles. The fraction of sp³-hybridized carbons (Fsp3) is 0.148. The van der Waals surface area contributed by atoms with E-state index in [4.69, 9.17) is 9.47 Å². The number of hydrogen-bond donors (Lipinski definition) is 1. The number of nitrogens with zero attached hydrogens (tertiary/aromatic N) is 2. The van der Waals surface area contributed by atoms with Gasteiger partial charge in [0.05, 0.1) is 36.1 Å². The summed E-state index contributed by atoms with van der Waals surface area (Å²) in [6.45, 7) is 1.96. The summed E-state index contributed by atoms with van der Waals surface area (Å²) in [7, 11) is 2.98. The Morgan fingerprint density at radius 2 is 1.72 bits per heavy atom. The Labute approximate surface area is 210 Å². The largest absolute Gasteiger partial charge is 0.507 e. The molecular formula is C27H21FN2O5S. The molecule has 1 aliphatic heterocycles. The van der Waals surface area contributed by atoms with E-state index in [1.54, 1.807) is 18.2 Å². The second kappa shape index (κ2) is 9.09. The van der Waals surface area contributed by atoms with E-state index in [2.05, 4.69) is 4.98 Å². The number of anilines is 1. The van der Waals surface area contributed by atoms with Crippen molar-refractivity contribution in [2.24, 2.45) is 0 Å². The van der Waals surface area contributed by atoms with Crippen molar-refractivity contribution in [3.05, 3.63) is 88.7 Å². The molecule has 1 aromatic heterocycles. The zero-order valence-corrected chi connectivity index (χ0v) is 20.4. The van der Waals surface area contributed by atoms with Crippen LogP contribution >= 0.6 is 11.3 Å². The first-order chi connectivity index (χ1) is 17.3. The van der Waals surface area contributed by atoms with Gasteiger partial charge in [-0.25, -0.2) is 9.37 Å². The van der Waals surface area contributed by atoms with Gasteiger partial charge < -0.3 is 14.6 Å². The number of aliphatic hydroxyl groups is 1. The maximum atomic E-state index is 13.5. The number of carbonyl (C=O) groups excluding carboxylic acids is 2. The summed E-state index contributed by atoms with van der Waals surface area (Å²) in [5, 5.41) is 11.5. The van der Waals surface area contributed by atoms with E-state index < -0.39 is 29.3 Å². The average Bonchev–Trinajstić information content (AvgIpc) is 3.41. The van der Waals surface area contributed by atoms with Crippen molar-refractivity contribution in [3.8, 4) is 11.5 Å². The number of ether oxygens (including phenoxy) is 2. The molecule has 7 nitrogen and oxygen atoms in total. The first kappa shape index (κ1) is 23.5. The van der Waals surface area contributed by atoms with Gasteiger partial charge in [0.15, 0.2) is 16.6 Å². The van der Waals surface area contributed by atoms with Crippen molar-refractivity contribution in [2.75, 3.05) is 19.1 Å². The Bertz CT molecular complexity index is 1540. The molecule has 1 fully saturated rings. The number of carbonyl (C=O) groups is 2. The summed E-state index contributed by atoms with van der Waals surface area (Å²) in [5.74, 6) is -1.74. The van der Waals surface area contributed by atoms with Crippen LogP contribution in [0.5, 0.6) is 11.5 Å². The van der Waals surface area contributed by atoms with E-state index in [9.17, 15) is 19.1 Å². The first-order valence-corrected chi connectivity index (χ1v) is 11.8. The van der Waals surface area contributed by atoms with Crippen LogP contribution in [0.25, 0.3) is 16.0 Å². The lowest BCUT2D eigenvalue weighted by atomic mass is 9.95. The summed E-state index contributed by atoms with van der Waals surface area (Å²) in [5.41, 5.74) is 2.31. The standard InChI is InChI=1S/C27H21FN2O5S/c1-14-4-10-18-21(12-14)36-27(29-18)30-23(16-7-11-19(34-2)20(13-16)35-3)22(25(32)26(30)33)24(31)15-5-8-17(28)9-6-15/h4-13,23,31H,1-3H3/t23-/m0/s1. The summed E-state index contributed by atoms with van der Waals surface area (Å²) in [6, 6.07) is 14.8. The van der Waals surface area contributed by atoms with Gasteiger partial charge in [0, 0.05) is 5.56 Å². The maximum Gasteiger partial charge on any atom is 0.301 e. The van der Waals surface area contributed by atoms with Crippen molar-refractivity contribution in [3.63, 3.8) is 0 Å². The minimum atomic E-state index is -1.00. The molecule has 1 atom stereocenters. The second-order valence-corrected chi connectivity index (χ2v) is 9.27. The predicted molar refractivity (Wildman–Crippen MR) is 135 cm³/mol. The van der Waals surface area contributed by atoms with Gasteiger partial charge in [0.25, 0.3) is 5.78 Å². The number of methoxy groups -OCH3 is 2. The molecule has 0 radical (unpaired) electrons. The molecule has 0 spiro atoms. The molecule has 0 bridgehead atoms. The number of Topliss-reactive ketones (excluding diaryl/α,β-unsaturated/α-hetero) is 1. The SMILES string of the molecule is COc1ccc([C@H]2C(=C(O)c3ccc(F)cc3)C(=O)C(=O)N2c2nc3ccc(C)cc3s2)cc1OC. The highest BCUT2D eigenvalue weighted by Gasteiger charge is 2.48. The molecule has 0 aliphatic carbocycles. The molecule has 0 saturated carbocycles. The van der Waals surface area contributed by atoms with Gasteiger partial charge in [-0.15, -0.1) is 0 Å². The van der Waals surface area contributed by atoms with Crippen LogP contribution in [0.1, 0.15) is 22.7 Å². The Balaban J connectivity index is 1.75. The minimum absolute atomic E-state index is 0.130. The highest BCUT2D eigenvalue weighted by Crippen LogP contribution is 2.45. The van der Waals surface area contributed by atoms with Crippen LogP contribution in [0.15, 0.2) is 66.2 Å². The minimum Gasteiger partial charge on any atom is -0.507 e. The molecule has 5 rings (SSSR count). The summed E-state index contributed by atoms with van der Waals surface area (Å²) < 4.78 is 25.1. The number of hydrogen-bond acceptors (Lipinski definition) is 7. The summed E-state index contributed by atoms with van der Waals surface area (Å²) in [4.78, 5) is 32.6. The number of amides is 1. The van der Waals surface area contributed by atoms with Crippen molar-refractivity contribution in [1.29, 1.82) is 0 Å². The molecule has 182 valence electrons. The quantitative estimate of drug-likeness (QED) is 0.223. The van der Waals surface area contributed by atoms with Gasteiger partial charge in [0.2, 0.25) is 0 Å². The lowest BCUT2D eigenvalue weighted by molar-refractivity contribution is -0.132. The van der Waals surface area contributed by atoms with Crippen molar-refractivity contribution in [1.82, 2.24) is 4.98 Å². The third-order valence-electron chi connectivity index (χ3n) is 6.02. The number of fused-ring (bicyclic) bond motifs is 1. The summed E-state index contributed by atoms with van der Waals surface area (Å²) in [6.07, 6.45) is 0. The molecule has 1 saturated heterocycles. The van der Waals surface area contributed by atoms with Crippen LogP contribution in [-0.4, -0.2) is 36.0 Å². The average molecular weight is 505 g/mol. The Hall–Kier alpha value is -4.24. The van der Waals surface area contributed by atoms with Crippen molar-refractivity contribution in [2.45, 2.75) is 13.0 Å². The molecule has 1 N–H and O–H groups in total. The predicted octanol–water partition coefficient (Wildman–Crippen LogP) is 5.39. The Morgan fingerprint density at radius 1 is 1.00 bits per heavy atom. The van der Waals surface area contributed by atoms with Crippen LogP contribution in [0.3, 0.4) is 0 Å². The van der Waals surface area contributed by atoms with Gasteiger partial charge in [-0.05, 0) is 66.6 Å². The van der Waals surface area contributed by atoms with E-state index in [1.165, 1.54) is 54.7 Å². The molecule has 1 aliphatic rings. The van der Waals surface area contributed by atoms with Gasteiger partial charge in [0.1, 0.15) is 11.6 Å². The van der Waals surface area contributed by atoms with Gasteiger partial charge >= 0.3 is 5.91 Å². The molecular weight excluding hydrogens is 483 g/mol. The van der Waals surface area contributed by atoms with Crippen molar-refractivity contribution >= 4 is 44.1 Å². The third-order valence-corrected chi connectivity index (χ3v) is 7.04. The van der Waals surface area contributed by atoms with Crippen molar-refractivity contribution < 1.29 is 28.6 Å². The van der Waals surface area contributed by atoms with Crippen LogP contribution < -0.4 is 14.4 Å². The lowest BCUT2D eigenvalue weighted by Gasteiger charge is -2.23. The Kier molecular flexibility index (Phi) is 5.93. The Morgan fingerprint density at radius 3 is 2.42 bits per heavy atom. The van der Waals surface area contributed by atoms with E-state index >= 15 is 0 Å². The molecule has 1 amide bonds. The van der Waals surface area contributed by atoms with Gasteiger partial charge in [-0.3, -0.25) is 14.5 Å². The number of ketones is 1. The molecule has 3 aromatic carbocycles. The topological polar surface area (TPSA) is 89.0 Å². The zero-order chi connectivity index (χ0) is 25.6. The zero-order valence-electron chi connectivity index (χ0n) is 19.6. The second-order valence-electron chi connectivity index (χ2n) is 8.26. The van der Waals surface area contributed by atoms with Crippen LogP contribution in [0, 0.1) is 12.7 Å². The van der Waals surface area contributed by atoms with Crippen LogP contribution in [0.4, 0.5) is 9.52 Å². The number of aryl methyl sites for hydroxylation is 1. The molecule has 9 heteroatoms. The highest BCUT2D eigenvalue weighted by atomic mass is 32.1. The number of thiazole rings is 1. The molecule has 36 heavy (non-hydrogen) atoms. The first-order valence-electron chi connectivity index (χ1n) is 11.0. The fourth-order valence-electron chi connectivity index (χ4n) is 4.25. The van der Waals surface area contributed by atoms with Gasteiger partial charge in [-0.1, -0.05) is 23.5 Å². The number of rotatable bonds is 5. The van der Waals surface area contributed by atoms with E-state index in [-0.39, 0.29) is 11.1 Å². The molecule has 4 aromatic rings. The highest BCUT2D eigenvalue weighted by molar-refractivity contribution is 7.22. The third kappa shape index (κ3) is 3.87. The van der Waals surface area contributed by atoms with Gasteiger partial charge in [-0.2, -0.15) is 0 Å². The number of halogens is 1. The van der Waals surface area contributed by atoms with Crippen LogP contribution in [0.2, 0.25) is 0 Å². The van der Waals surface area contributed by atoms with E-state index in [1.807, 2.05) is 25.1 Å². The number of aromatic nitrogens is 1. The van der Waals surface area contributed by atoms with E-state index in [0.29, 0.717) is 27.7 Å². The lowest BCUT2D eigenvalue weighted by Crippen LogP contribution is -2.29. The summed E-state index contributed by atoms with van der Waals surface area (Å²) >= 11 is 1.27. The normalized spacial score (nSPS) is 17.1. The number of benzene rings is 3. The fourth-order valence-corrected chi connectivity index (χ4v) is 5.34. The maximum absolute atomic E-state index is 13.5. The van der Waals surface area contributed by atoms with E-state index in [0.717, 1.165) is 10.3 Å². The van der Waals surface area contributed by atoms with Crippen LogP contribution in [-0.2, 0) is 9.59 Å². The molecule has 0 unspecified atom stereocenters. The smallest absolute Gasteiger partial charge is 0.301 e.